The highest BCUT2D eigenvalue weighted by atomic mass is 16.5. The first-order valence-electron chi connectivity index (χ1n) is 10.2. The lowest BCUT2D eigenvalue weighted by molar-refractivity contribution is -0.0179. The fourth-order valence-electron chi connectivity index (χ4n) is 3.69. The summed E-state index contributed by atoms with van der Waals surface area (Å²) >= 11 is 0. The summed E-state index contributed by atoms with van der Waals surface area (Å²) in [6.45, 7) is 9.89. The minimum absolute atomic E-state index is 0.381. The molecule has 0 amide bonds. The number of nitrogens with one attached hydrogen (secondary N) is 2. The van der Waals surface area contributed by atoms with Crippen molar-refractivity contribution >= 4 is 5.96 Å². The molecule has 0 spiro atoms. The van der Waals surface area contributed by atoms with Crippen LogP contribution in [-0.4, -0.2) is 74.0 Å². The van der Waals surface area contributed by atoms with Gasteiger partial charge in [-0.15, -0.1) is 0 Å². The second kappa shape index (κ2) is 9.53. The summed E-state index contributed by atoms with van der Waals surface area (Å²) in [6.07, 6.45) is 1.23. The lowest BCUT2D eigenvalue weighted by Crippen LogP contribution is -2.48. The molecular weight excluding hydrogens is 340 g/mol. The summed E-state index contributed by atoms with van der Waals surface area (Å²) in [5.74, 6) is 2.11. The van der Waals surface area contributed by atoms with Gasteiger partial charge in [0.15, 0.2) is 5.96 Å². The van der Waals surface area contributed by atoms with Crippen molar-refractivity contribution in [2.45, 2.75) is 31.8 Å². The zero-order chi connectivity index (χ0) is 19.1. The van der Waals surface area contributed by atoms with Gasteiger partial charge in [-0.25, -0.2) is 0 Å². The number of benzene rings is 1. The minimum atomic E-state index is -0.841. The van der Waals surface area contributed by atoms with Crippen LogP contribution >= 0.6 is 0 Å². The van der Waals surface area contributed by atoms with Crippen molar-refractivity contribution in [1.29, 1.82) is 0 Å². The number of morpholine rings is 1. The highest BCUT2D eigenvalue weighted by Gasteiger charge is 2.37. The quantitative estimate of drug-likeness (QED) is 0.474. The fourth-order valence-corrected chi connectivity index (χ4v) is 3.69. The Labute approximate surface area is 163 Å². The van der Waals surface area contributed by atoms with Gasteiger partial charge in [-0.05, 0) is 37.7 Å². The molecule has 1 aliphatic heterocycles. The molecule has 1 aromatic carbocycles. The molecule has 1 aliphatic carbocycles. The number of β-amino-alcohol motifs (C(OH)–C–C–N with tert-alkyl or cyclic N) is 1. The molecule has 1 aromatic rings. The number of aliphatic imine (C=N–C) groups is 1. The first-order valence-corrected chi connectivity index (χ1v) is 10.2. The van der Waals surface area contributed by atoms with E-state index in [1.54, 1.807) is 0 Å². The SMILES string of the molecule is CCNC(=NCC(C)(O)CN1CCOCC1)NCC1CC1c1ccccc1. The van der Waals surface area contributed by atoms with Gasteiger partial charge >= 0.3 is 0 Å². The normalized spacial score (nSPS) is 25.7. The van der Waals surface area contributed by atoms with Gasteiger partial charge in [0.05, 0.1) is 25.4 Å². The van der Waals surface area contributed by atoms with Crippen LogP contribution in [0.15, 0.2) is 35.3 Å². The van der Waals surface area contributed by atoms with Crippen molar-refractivity contribution in [2.75, 3.05) is 52.5 Å². The number of rotatable bonds is 8. The van der Waals surface area contributed by atoms with E-state index in [9.17, 15) is 5.11 Å². The third-order valence-corrected chi connectivity index (χ3v) is 5.27. The van der Waals surface area contributed by atoms with Crippen molar-refractivity contribution in [3.05, 3.63) is 35.9 Å². The van der Waals surface area contributed by atoms with Crippen molar-refractivity contribution in [2.24, 2.45) is 10.9 Å². The van der Waals surface area contributed by atoms with Crippen molar-refractivity contribution in [3.63, 3.8) is 0 Å². The van der Waals surface area contributed by atoms with E-state index < -0.39 is 5.60 Å². The van der Waals surface area contributed by atoms with Gasteiger partial charge in [-0.2, -0.15) is 0 Å². The predicted octanol–water partition coefficient (Wildman–Crippen LogP) is 1.43. The van der Waals surface area contributed by atoms with Crippen LogP contribution < -0.4 is 10.6 Å². The number of hydrogen-bond acceptors (Lipinski definition) is 4. The molecule has 1 saturated heterocycles. The van der Waals surface area contributed by atoms with E-state index in [-0.39, 0.29) is 0 Å². The molecule has 0 aromatic heterocycles. The fraction of sp³-hybridized carbons (Fsp3) is 0.667. The molecule has 150 valence electrons. The molecule has 3 N–H and O–H groups in total. The van der Waals surface area contributed by atoms with Crippen LogP contribution in [0.1, 0.15) is 31.7 Å². The van der Waals surface area contributed by atoms with Crippen LogP contribution in [0.5, 0.6) is 0 Å². The molecule has 0 bridgehead atoms. The summed E-state index contributed by atoms with van der Waals surface area (Å²) in [5, 5.41) is 17.5. The van der Waals surface area contributed by atoms with Gasteiger partial charge < -0.3 is 20.5 Å². The Morgan fingerprint density at radius 1 is 1.26 bits per heavy atom. The average molecular weight is 375 g/mol. The van der Waals surface area contributed by atoms with Crippen LogP contribution in [0.25, 0.3) is 0 Å². The minimum Gasteiger partial charge on any atom is -0.387 e. The lowest BCUT2D eigenvalue weighted by atomic mass is 10.1. The Balaban J connectivity index is 1.46. The monoisotopic (exact) mass is 374 g/mol. The Hall–Kier alpha value is -1.63. The standard InChI is InChI=1S/C21H34N4O2/c1-3-22-20(23-14-18-13-19(18)17-7-5-4-6-8-17)24-15-21(2,26)16-25-9-11-27-12-10-25/h4-8,18-19,26H,3,9-16H2,1-2H3,(H2,22,23,24). The maximum Gasteiger partial charge on any atom is 0.191 e. The highest BCUT2D eigenvalue weighted by molar-refractivity contribution is 5.79. The Morgan fingerprint density at radius 3 is 2.70 bits per heavy atom. The van der Waals surface area contributed by atoms with E-state index in [0.717, 1.165) is 45.4 Å². The number of hydrogen-bond donors (Lipinski definition) is 3. The van der Waals surface area contributed by atoms with Crippen LogP contribution in [0.4, 0.5) is 0 Å². The van der Waals surface area contributed by atoms with E-state index >= 15 is 0 Å². The van der Waals surface area contributed by atoms with Gasteiger partial charge in [0, 0.05) is 32.7 Å². The predicted molar refractivity (Wildman–Crippen MR) is 109 cm³/mol. The summed E-state index contributed by atoms with van der Waals surface area (Å²) in [5.41, 5.74) is 0.589. The van der Waals surface area contributed by atoms with Crippen LogP contribution in [0, 0.1) is 5.92 Å². The third-order valence-electron chi connectivity index (χ3n) is 5.27. The lowest BCUT2D eigenvalue weighted by Gasteiger charge is -2.33. The van der Waals surface area contributed by atoms with Gasteiger partial charge in [0.1, 0.15) is 0 Å². The molecule has 2 aliphatic rings. The van der Waals surface area contributed by atoms with Gasteiger partial charge in [-0.3, -0.25) is 9.89 Å². The molecule has 1 heterocycles. The maximum atomic E-state index is 10.7. The van der Waals surface area contributed by atoms with E-state index in [0.29, 0.717) is 24.9 Å². The largest absolute Gasteiger partial charge is 0.387 e. The second-order valence-electron chi connectivity index (χ2n) is 7.97. The molecule has 0 radical (unpaired) electrons. The van der Waals surface area contributed by atoms with Gasteiger partial charge in [-0.1, -0.05) is 30.3 Å². The Morgan fingerprint density at radius 2 is 2.00 bits per heavy atom. The Bertz CT molecular complexity index is 599. The zero-order valence-corrected chi connectivity index (χ0v) is 16.7. The van der Waals surface area contributed by atoms with Crippen LogP contribution in [-0.2, 0) is 4.74 Å². The van der Waals surface area contributed by atoms with Crippen LogP contribution in [0.3, 0.4) is 0 Å². The van der Waals surface area contributed by atoms with E-state index in [1.807, 2.05) is 6.92 Å². The summed E-state index contributed by atoms with van der Waals surface area (Å²) < 4.78 is 5.37. The summed E-state index contributed by atoms with van der Waals surface area (Å²) in [4.78, 5) is 6.88. The van der Waals surface area contributed by atoms with Crippen molar-refractivity contribution < 1.29 is 9.84 Å². The topological polar surface area (TPSA) is 69.1 Å². The molecule has 27 heavy (non-hydrogen) atoms. The first kappa shape index (κ1) is 20.1. The Kier molecular flexibility index (Phi) is 7.10. The summed E-state index contributed by atoms with van der Waals surface area (Å²) in [7, 11) is 0. The van der Waals surface area contributed by atoms with E-state index in [1.165, 1.54) is 12.0 Å². The van der Waals surface area contributed by atoms with Gasteiger partial charge in [0.25, 0.3) is 0 Å². The number of guanidine groups is 1. The average Bonchev–Trinajstić information content (AvgIpc) is 3.45. The third kappa shape index (κ3) is 6.48. The maximum absolute atomic E-state index is 10.7. The smallest absolute Gasteiger partial charge is 0.191 e. The molecule has 3 atom stereocenters. The molecule has 2 fully saturated rings. The molecule has 3 rings (SSSR count). The van der Waals surface area contributed by atoms with Crippen molar-refractivity contribution in [3.8, 4) is 0 Å². The van der Waals surface area contributed by atoms with E-state index in [2.05, 4.69) is 57.8 Å². The zero-order valence-electron chi connectivity index (χ0n) is 16.7. The summed E-state index contributed by atoms with van der Waals surface area (Å²) in [6, 6.07) is 10.7. The first-order chi connectivity index (χ1) is 13.1. The van der Waals surface area contributed by atoms with E-state index in [4.69, 9.17) is 4.74 Å². The number of nitrogens with zero attached hydrogens (tertiary/aromatic N) is 2. The highest BCUT2D eigenvalue weighted by Crippen LogP contribution is 2.46. The molecule has 6 nitrogen and oxygen atoms in total. The van der Waals surface area contributed by atoms with Gasteiger partial charge in [0.2, 0.25) is 0 Å². The molecular formula is C21H34N4O2. The molecule has 1 saturated carbocycles. The van der Waals surface area contributed by atoms with Crippen LogP contribution in [0.2, 0.25) is 0 Å². The second-order valence-corrected chi connectivity index (χ2v) is 7.97. The molecule has 6 heteroatoms. The number of aliphatic hydroxyl groups is 1. The number of ether oxygens (including phenoxy) is 1. The molecule has 3 unspecified atom stereocenters. The van der Waals surface area contributed by atoms with Crippen molar-refractivity contribution in [1.82, 2.24) is 15.5 Å².